The van der Waals surface area contributed by atoms with E-state index in [1.165, 1.54) is 0 Å². The number of nitrogens with one attached hydrogen (secondary N) is 1. The quantitative estimate of drug-likeness (QED) is 0.239. The fourth-order valence-corrected chi connectivity index (χ4v) is 4.95. The molecule has 4 aromatic rings. The van der Waals surface area contributed by atoms with E-state index in [-0.39, 0.29) is 5.91 Å². The molecule has 0 aliphatic carbocycles. The normalized spacial score (nSPS) is 12.0. The molecule has 4 rings (SSSR count). The predicted molar refractivity (Wildman–Crippen MR) is 143 cm³/mol. The number of benzene rings is 4. The fourth-order valence-electron chi connectivity index (χ4n) is 4.35. The first-order valence-electron chi connectivity index (χ1n) is 11.0. The van der Waals surface area contributed by atoms with Crippen LogP contribution in [0.25, 0.3) is 0 Å². The molecule has 0 aliphatic heterocycles. The van der Waals surface area contributed by atoms with E-state index in [0.29, 0.717) is 6.42 Å². The van der Waals surface area contributed by atoms with Crippen molar-refractivity contribution in [2.24, 2.45) is 5.73 Å². The maximum Gasteiger partial charge on any atom is 0.240 e. The summed E-state index contributed by atoms with van der Waals surface area (Å²) in [5.74, 6) is -0.874. The summed E-state index contributed by atoms with van der Waals surface area (Å²) in [6, 6.07) is 35.9. The van der Waals surface area contributed by atoms with Crippen LogP contribution in [0.15, 0.2) is 115 Å². The van der Waals surface area contributed by atoms with Crippen molar-refractivity contribution in [1.29, 1.82) is 0 Å². The number of halogens is 1. The van der Waals surface area contributed by atoms with Gasteiger partial charge in [0.15, 0.2) is 0 Å². The van der Waals surface area contributed by atoms with Crippen molar-refractivity contribution in [2.45, 2.75) is 17.9 Å². The van der Waals surface area contributed by atoms with Gasteiger partial charge in [0.1, 0.15) is 11.5 Å². The second kappa shape index (κ2) is 10.7. The predicted octanol–water partition coefficient (Wildman–Crippen LogP) is 4.84. The highest BCUT2D eigenvalue weighted by Crippen LogP contribution is 2.39. The summed E-state index contributed by atoms with van der Waals surface area (Å²) in [6.07, 6.45) is 0.312. The summed E-state index contributed by atoms with van der Waals surface area (Å²) < 4.78 is 1.05. The van der Waals surface area contributed by atoms with Gasteiger partial charge in [-0.2, -0.15) is 0 Å². The fraction of sp³-hybridized carbons (Fsp3) is 0.103. The van der Waals surface area contributed by atoms with Crippen LogP contribution in [0.4, 0.5) is 0 Å². The lowest BCUT2D eigenvalue weighted by Gasteiger charge is -2.35. The summed E-state index contributed by atoms with van der Waals surface area (Å²) in [5.41, 5.74) is 7.97. The zero-order chi connectivity index (χ0) is 24.0. The molecule has 0 spiro atoms. The van der Waals surface area contributed by atoms with Crippen LogP contribution >= 0.6 is 22.6 Å². The zero-order valence-corrected chi connectivity index (χ0v) is 20.7. The highest BCUT2D eigenvalue weighted by Gasteiger charge is 2.44. The summed E-state index contributed by atoms with van der Waals surface area (Å²) in [6.45, 7) is 0. The highest BCUT2D eigenvalue weighted by molar-refractivity contribution is 14.1. The van der Waals surface area contributed by atoms with E-state index >= 15 is 0 Å². The van der Waals surface area contributed by atoms with Crippen LogP contribution in [-0.4, -0.2) is 17.9 Å². The maximum atomic E-state index is 14.3. The molecule has 5 heteroatoms. The van der Waals surface area contributed by atoms with Gasteiger partial charge >= 0.3 is 0 Å². The van der Waals surface area contributed by atoms with E-state index in [1.54, 1.807) is 0 Å². The van der Waals surface area contributed by atoms with Crippen molar-refractivity contribution in [3.05, 3.63) is 141 Å². The molecule has 0 fully saturated rings. The second-order valence-corrected chi connectivity index (χ2v) is 9.36. The second-order valence-electron chi connectivity index (χ2n) is 8.11. The molecule has 0 unspecified atom stereocenters. The van der Waals surface area contributed by atoms with Crippen LogP contribution < -0.4 is 11.1 Å². The van der Waals surface area contributed by atoms with Crippen LogP contribution in [0.3, 0.4) is 0 Å². The van der Waals surface area contributed by atoms with Crippen LogP contribution in [-0.2, 0) is 21.4 Å². The standard InChI is InChI=1S/C29H25IN2O2/c30-25-18-10-11-21(19-25)20-26(27(31)33)32-28(34)29(22-12-4-1-5-13-22,23-14-6-2-7-15-23)24-16-8-3-9-17-24/h1-19,26H,20H2,(H2,31,33)(H,32,34)/t26-/m0/s1. The molecule has 0 aromatic heterocycles. The molecular weight excluding hydrogens is 535 g/mol. The van der Waals surface area contributed by atoms with Crippen molar-refractivity contribution < 1.29 is 9.59 Å². The largest absolute Gasteiger partial charge is 0.368 e. The van der Waals surface area contributed by atoms with Gasteiger partial charge in [-0.05, 0) is 57.0 Å². The van der Waals surface area contributed by atoms with Crippen LogP contribution in [0.5, 0.6) is 0 Å². The van der Waals surface area contributed by atoms with Gasteiger partial charge in [-0.3, -0.25) is 9.59 Å². The topological polar surface area (TPSA) is 72.2 Å². The Bertz CT molecular complexity index is 1160. The molecule has 0 saturated carbocycles. The highest BCUT2D eigenvalue weighted by atomic mass is 127. The number of amides is 2. The van der Waals surface area contributed by atoms with Crippen LogP contribution in [0, 0.1) is 3.57 Å². The molecule has 4 nitrogen and oxygen atoms in total. The van der Waals surface area contributed by atoms with E-state index in [0.717, 1.165) is 25.8 Å². The average Bonchev–Trinajstić information content (AvgIpc) is 2.86. The van der Waals surface area contributed by atoms with Crippen molar-refractivity contribution in [2.75, 3.05) is 0 Å². The molecule has 34 heavy (non-hydrogen) atoms. The van der Waals surface area contributed by atoms with Crippen molar-refractivity contribution in [3.63, 3.8) is 0 Å². The number of carbonyl (C=O) groups is 2. The molecule has 170 valence electrons. The lowest BCUT2D eigenvalue weighted by Crippen LogP contribution is -2.54. The SMILES string of the molecule is NC(=O)[C@H](Cc1cccc(I)c1)NC(=O)C(c1ccccc1)(c1ccccc1)c1ccccc1. The van der Waals surface area contributed by atoms with E-state index in [4.69, 9.17) is 5.73 Å². The summed E-state index contributed by atoms with van der Waals surface area (Å²) in [4.78, 5) is 26.8. The summed E-state index contributed by atoms with van der Waals surface area (Å²) in [5, 5.41) is 3.00. The molecule has 4 aromatic carbocycles. The van der Waals surface area contributed by atoms with Crippen LogP contribution in [0.2, 0.25) is 0 Å². The summed E-state index contributed by atoms with van der Waals surface area (Å²) >= 11 is 2.23. The van der Waals surface area contributed by atoms with Gasteiger partial charge in [-0.1, -0.05) is 103 Å². The Morgan fingerprint density at radius 3 is 1.62 bits per heavy atom. The number of rotatable bonds is 8. The van der Waals surface area contributed by atoms with E-state index in [9.17, 15) is 9.59 Å². The third kappa shape index (κ3) is 4.89. The zero-order valence-electron chi connectivity index (χ0n) is 18.5. The Kier molecular flexibility index (Phi) is 7.43. The first kappa shape index (κ1) is 23.7. The third-order valence-electron chi connectivity index (χ3n) is 5.94. The Hall–Kier alpha value is -3.45. The Morgan fingerprint density at radius 1 is 0.735 bits per heavy atom. The van der Waals surface area contributed by atoms with E-state index in [2.05, 4.69) is 27.9 Å². The molecule has 0 aliphatic rings. The minimum absolute atomic E-state index is 0.300. The molecule has 0 bridgehead atoms. The first-order chi connectivity index (χ1) is 16.5. The smallest absolute Gasteiger partial charge is 0.240 e. The van der Waals surface area contributed by atoms with E-state index in [1.807, 2.05) is 115 Å². The van der Waals surface area contributed by atoms with Gasteiger partial charge in [0.05, 0.1) is 0 Å². The van der Waals surface area contributed by atoms with Gasteiger partial charge in [0.2, 0.25) is 11.8 Å². The lowest BCUT2D eigenvalue weighted by molar-refractivity contribution is -0.129. The molecule has 0 radical (unpaired) electrons. The maximum absolute atomic E-state index is 14.3. The van der Waals surface area contributed by atoms with Gasteiger partial charge < -0.3 is 11.1 Å². The lowest BCUT2D eigenvalue weighted by atomic mass is 9.68. The Balaban J connectivity index is 1.84. The van der Waals surface area contributed by atoms with Gasteiger partial charge in [0.25, 0.3) is 0 Å². The molecule has 0 saturated heterocycles. The number of hydrogen-bond acceptors (Lipinski definition) is 2. The van der Waals surface area contributed by atoms with Crippen molar-refractivity contribution >= 4 is 34.4 Å². The van der Waals surface area contributed by atoms with Crippen molar-refractivity contribution in [3.8, 4) is 0 Å². The van der Waals surface area contributed by atoms with Gasteiger partial charge in [0, 0.05) is 9.99 Å². The summed E-state index contributed by atoms with van der Waals surface area (Å²) in [7, 11) is 0. The molecule has 0 heterocycles. The van der Waals surface area contributed by atoms with Crippen LogP contribution in [0.1, 0.15) is 22.3 Å². The Labute approximate surface area is 213 Å². The average molecular weight is 560 g/mol. The minimum Gasteiger partial charge on any atom is -0.368 e. The first-order valence-corrected chi connectivity index (χ1v) is 12.1. The Morgan fingerprint density at radius 2 is 1.21 bits per heavy atom. The number of carbonyl (C=O) groups excluding carboxylic acids is 2. The van der Waals surface area contributed by atoms with Crippen molar-refractivity contribution in [1.82, 2.24) is 5.32 Å². The number of hydrogen-bond donors (Lipinski definition) is 2. The minimum atomic E-state index is -1.16. The third-order valence-corrected chi connectivity index (χ3v) is 6.61. The van der Waals surface area contributed by atoms with Gasteiger partial charge in [-0.15, -0.1) is 0 Å². The number of primary amides is 1. The molecule has 2 amide bonds. The van der Waals surface area contributed by atoms with Gasteiger partial charge in [-0.25, -0.2) is 0 Å². The van der Waals surface area contributed by atoms with E-state index < -0.39 is 17.4 Å². The number of nitrogens with two attached hydrogens (primary N) is 1. The molecule has 1 atom stereocenters. The molecule has 3 N–H and O–H groups in total. The monoisotopic (exact) mass is 560 g/mol. The molecular formula is C29H25IN2O2.